The number of aromatic nitrogens is 3. The number of halogens is 3. The Labute approximate surface area is 121 Å². The van der Waals surface area contributed by atoms with E-state index in [1.165, 1.54) is 0 Å². The maximum atomic E-state index is 12.5. The van der Waals surface area contributed by atoms with Crippen molar-refractivity contribution in [3.8, 4) is 11.3 Å². The van der Waals surface area contributed by atoms with Gasteiger partial charge in [0.2, 0.25) is 5.91 Å². The monoisotopic (exact) mass is 314 g/mol. The summed E-state index contributed by atoms with van der Waals surface area (Å²) in [5, 5.41) is 15.9. The molecule has 7 nitrogen and oxygen atoms in total. The summed E-state index contributed by atoms with van der Waals surface area (Å²) in [5.74, 6) is -2.22. The van der Waals surface area contributed by atoms with Crippen LogP contribution in [0.3, 0.4) is 0 Å². The quantitative estimate of drug-likeness (QED) is 0.879. The fourth-order valence-electron chi connectivity index (χ4n) is 1.82. The van der Waals surface area contributed by atoms with E-state index in [-0.39, 0.29) is 11.3 Å². The molecule has 0 aliphatic heterocycles. The fraction of sp³-hybridized carbons (Fsp3) is 0.167. The maximum absolute atomic E-state index is 12.5. The lowest BCUT2D eigenvalue weighted by Crippen LogP contribution is -2.20. The largest absolute Gasteiger partial charge is 0.476 e. The highest BCUT2D eigenvalue weighted by molar-refractivity contribution is 5.93. The van der Waals surface area contributed by atoms with E-state index in [0.717, 1.165) is 28.9 Å². The fourth-order valence-corrected chi connectivity index (χ4v) is 1.82. The summed E-state index contributed by atoms with van der Waals surface area (Å²) in [6, 6.07) is 3.74. The number of carbonyl (C=O) groups excluding carboxylic acids is 1. The minimum Gasteiger partial charge on any atom is -0.476 e. The second kappa shape index (κ2) is 5.47. The number of aromatic carboxylic acids is 1. The van der Waals surface area contributed by atoms with Crippen molar-refractivity contribution in [2.24, 2.45) is 5.73 Å². The standard InChI is InChI=1S/C12H9F3N4O3/c13-12(14,15)7-3-1-6(2-4-7)10-9(11(21)22)17-18-19(10)5-8(16)20/h1-4H,5H2,(H2,16,20)(H,21,22). The van der Waals surface area contributed by atoms with Crippen LogP contribution < -0.4 is 5.73 Å². The lowest BCUT2D eigenvalue weighted by atomic mass is 10.1. The molecule has 116 valence electrons. The van der Waals surface area contributed by atoms with Crippen molar-refractivity contribution in [2.45, 2.75) is 12.7 Å². The third-order valence-corrected chi connectivity index (χ3v) is 2.73. The number of primary amides is 1. The van der Waals surface area contributed by atoms with E-state index in [9.17, 15) is 22.8 Å². The Morgan fingerprint density at radius 3 is 2.27 bits per heavy atom. The summed E-state index contributed by atoms with van der Waals surface area (Å²) < 4.78 is 38.5. The molecule has 0 bridgehead atoms. The van der Waals surface area contributed by atoms with E-state index in [4.69, 9.17) is 10.8 Å². The Hall–Kier alpha value is -2.91. The molecule has 0 saturated heterocycles. The second-order valence-corrected chi connectivity index (χ2v) is 4.29. The molecule has 0 atom stereocenters. The number of carbonyl (C=O) groups is 2. The average Bonchev–Trinajstić information content (AvgIpc) is 2.81. The molecule has 0 radical (unpaired) electrons. The van der Waals surface area contributed by atoms with Gasteiger partial charge in [0.25, 0.3) is 0 Å². The smallest absolute Gasteiger partial charge is 0.416 e. The first-order valence-electron chi connectivity index (χ1n) is 5.83. The van der Waals surface area contributed by atoms with Gasteiger partial charge < -0.3 is 10.8 Å². The van der Waals surface area contributed by atoms with Gasteiger partial charge in [0.05, 0.1) is 5.56 Å². The number of rotatable bonds is 4. The van der Waals surface area contributed by atoms with Crippen LogP contribution in [0.2, 0.25) is 0 Å². The Bertz CT molecular complexity index is 722. The molecule has 0 saturated carbocycles. The van der Waals surface area contributed by atoms with Gasteiger partial charge in [0, 0.05) is 5.56 Å². The van der Waals surface area contributed by atoms with Gasteiger partial charge in [-0.2, -0.15) is 13.2 Å². The second-order valence-electron chi connectivity index (χ2n) is 4.29. The molecule has 0 aliphatic carbocycles. The molecule has 2 rings (SSSR count). The van der Waals surface area contributed by atoms with Crippen LogP contribution in [0.25, 0.3) is 11.3 Å². The van der Waals surface area contributed by atoms with Crippen molar-refractivity contribution in [2.75, 3.05) is 0 Å². The van der Waals surface area contributed by atoms with Crippen LogP contribution in [0.5, 0.6) is 0 Å². The highest BCUT2D eigenvalue weighted by atomic mass is 19.4. The van der Waals surface area contributed by atoms with Crippen LogP contribution in [0.1, 0.15) is 16.1 Å². The number of nitrogens with zero attached hydrogens (tertiary/aromatic N) is 3. The lowest BCUT2D eigenvalue weighted by Gasteiger charge is -2.09. The summed E-state index contributed by atoms with van der Waals surface area (Å²) in [7, 11) is 0. The van der Waals surface area contributed by atoms with Gasteiger partial charge in [-0.15, -0.1) is 5.10 Å². The summed E-state index contributed by atoms with van der Waals surface area (Å²) in [6.07, 6.45) is -4.51. The van der Waals surface area contributed by atoms with Gasteiger partial charge in [0.1, 0.15) is 12.2 Å². The lowest BCUT2D eigenvalue weighted by molar-refractivity contribution is -0.137. The number of nitrogens with two attached hydrogens (primary N) is 1. The van der Waals surface area contributed by atoms with Crippen LogP contribution in [-0.2, 0) is 17.5 Å². The first-order valence-corrected chi connectivity index (χ1v) is 5.83. The van der Waals surface area contributed by atoms with Crippen molar-refractivity contribution in [1.82, 2.24) is 15.0 Å². The van der Waals surface area contributed by atoms with Crippen molar-refractivity contribution in [1.29, 1.82) is 0 Å². The highest BCUT2D eigenvalue weighted by Gasteiger charge is 2.30. The SMILES string of the molecule is NC(=O)Cn1nnc(C(=O)O)c1-c1ccc(C(F)(F)F)cc1. The average molecular weight is 314 g/mol. The predicted octanol–water partition coefficient (Wildman–Crippen LogP) is 1.15. The number of alkyl halides is 3. The van der Waals surface area contributed by atoms with Gasteiger partial charge in [-0.25, -0.2) is 9.48 Å². The van der Waals surface area contributed by atoms with E-state index < -0.39 is 35.9 Å². The molecule has 1 heterocycles. The third kappa shape index (κ3) is 3.05. The van der Waals surface area contributed by atoms with Gasteiger partial charge in [0.15, 0.2) is 5.69 Å². The molecule has 22 heavy (non-hydrogen) atoms. The molecule has 3 N–H and O–H groups in total. The summed E-state index contributed by atoms with van der Waals surface area (Å²) >= 11 is 0. The number of amides is 1. The van der Waals surface area contributed by atoms with Crippen LogP contribution in [-0.4, -0.2) is 32.0 Å². The number of carboxylic acids is 1. The molecular formula is C12H9F3N4O3. The minimum atomic E-state index is -4.51. The summed E-state index contributed by atoms with van der Waals surface area (Å²) in [4.78, 5) is 22.1. The van der Waals surface area contributed by atoms with E-state index in [1.54, 1.807) is 0 Å². The summed E-state index contributed by atoms with van der Waals surface area (Å²) in [6.45, 7) is -0.448. The Kier molecular flexibility index (Phi) is 3.85. The number of benzene rings is 1. The topological polar surface area (TPSA) is 111 Å². The van der Waals surface area contributed by atoms with Gasteiger partial charge >= 0.3 is 12.1 Å². The van der Waals surface area contributed by atoms with Crippen molar-refractivity contribution in [3.63, 3.8) is 0 Å². The first-order chi connectivity index (χ1) is 10.2. The number of hydrogen-bond donors (Lipinski definition) is 2. The predicted molar refractivity (Wildman–Crippen MR) is 66.6 cm³/mol. The van der Waals surface area contributed by atoms with E-state index >= 15 is 0 Å². The minimum absolute atomic E-state index is 0.0972. The zero-order valence-corrected chi connectivity index (χ0v) is 10.8. The Balaban J connectivity index is 2.52. The van der Waals surface area contributed by atoms with Gasteiger partial charge in [-0.05, 0) is 12.1 Å². The molecule has 10 heteroatoms. The maximum Gasteiger partial charge on any atom is 0.416 e. The Morgan fingerprint density at radius 2 is 1.82 bits per heavy atom. The third-order valence-electron chi connectivity index (χ3n) is 2.73. The van der Waals surface area contributed by atoms with Crippen LogP contribution in [0.4, 0.5) is 13.2 Å². The zero-order chi connectivity index (χ0) is 16.5. The van der Waals surface area contributed by atoms with Crippen LogP contribution in [0, 0.1) is 0 Å². The van der Waals surface area contributed by atoms with Crippen LogP contribution in [0.15, 0.2) is 24.3 Å². The van der Waals surface area contributed by atoms with Crippen molar-refractivity contribution >= 4 is 11.9 Å². The molecule has 0 unspecified atom stereocenters. The molecular weight excluding hydrogens is 305 g/mol. The molecule has 1 aromatic heterocycles. The number of carboxylic acid groups (broad SMARTS) is 1. The van der Waals surface area contributed by atoms with Crippen molar-refractivity contribution in [3.05, 3.63) is 35.5 Å². The molecule has 2 aromatic rings. The van der Waals surface area contributed by atoms with Gasteiger partial charge in [-0.3, -0.25) is 4.79 Å². The highest BCUT2D eigenvalue weighted by Crippen LogP contribution is 2.31. The normalized spacial score (nSPS) is 11.4. The van der Waals surface area contributed by atoms with E-state index in [0.29, 0.717) is 0 Å². The Morgan fingerprint density at radius 1 is 1.23 bits per heavy atom. The first kappa shape index (κ1) is 15.5. The van der Waals surface area contributed by atoms with E-state index in [2.05, 4.69) is 10.3 Å². The molecule has 1 aromatic carbocycles. The van der Waals surface area contributed by atoms with Crippen LogP contribution >= 0.6 is 0 Å². The molecule has 1 amide bonds. The summed E-state index contributed by atoms with van der Waals surface area (Å²) in [5.41, 5.74) is 3.67. The van der Waals surface area contributed by atoms with E-state index in [1.807, 2.05) is 0 Å². The zero-order valence-electron chi connectivity index (χ0n) is 10.8. The molecule has 0 aliphatic rings. The molecule has 0 fully saturated rings. The van der Waals surface area contributed by atoms with Crippen molar-refractivity contribution < 1.29 is 27.9 Å². The van der Waals surface area contributed by atoms with Gasteiger partial charge in [-0.1, -0.05) is 17.3 Å². The molecule has 0 spiro atoms. The number of hydrogen-bond acceptors (Lipinski definition) is 4.